The SMILES string of the molecule is COCC1CCC(n2c(=O)[nH]c3cnc(-c4cccc(O)c4)nc32)CC1. The number of phenols is 1. The standard InChI is InChI=1S/C19H22N4O3/c1-26-11-12-5-7-14(8-6-12)23-18-16(21-19(23)25)10-20-17(22-18)13-3-2-4-15(24)9-13/h2-4,9-10,12,14,24H,5-8,11H2,1H3,(H,21,25). The van der Waals surface area contributed by atoms with E-state index < -0.39 is 0 Å². The molecule has 7 nitrogen and oxygen atoms in total. The summed E-state index contributed by atoms with van der Waals surface area (Å²) in [6, 6.07) is 6.95. The maximum Gasteiger partial charge on any atom is 0.327 e. The highest BCUT2D eigenvalue weighted by Crippen LogP contribution is 2.33. The predicted octanol–water partition coefficient (Wildman–Crippen LogP) is 2.87. The highest BCUT2D eigenvalue weighted by Gasteiger charge is 2.25. The van der Waals surface area contributed by atoms with Gasteiger partial charge in [0.15, 0.2) is 11.5 Å². The van der Waals surface area contributed by atoms with Crippen LogP contribution in [0.2, 0.25) is 0 Å². The Morgan fingerprint density at radius 3 is 2.85 bits per heavy atom. The number of hydrogen-bond donors (Lipinski definition) is 2. The van der Waals surface area contributed by atoms with Crippen molar-refractivity contribution in [3.05, 3.63) is 40.9 Å². The van der Waals surface area contributed by atoms with Crippen molar-refractivity contribution in [3.63, 3.8) is 0 Å². The molecule has 0 spiro atoms. The summed E-state index contributed by atoms with van der Waals surface area (Å²) >= 11 is 0. The van der Waals surface area contributed by atoms with Crippen molar-refractivity contribution in [2.24, 2.45) is 5.92 Å². The molecule has 0 aliphatic heterocycles. The monoisotopic (exact) mass is 354 g/mol. The second-order valence-electron chi connectivity index (χ2n) is 6.91. The van der Waals surface area contributed by atoms with Gasteiger partial charge in [0.25, 0.3) is 0 Å². The second kappa shape index (κ2) is 6.92. The summed E-state index contributed by atoms with van der Waals surface area (Å²) in [7, 11) is 1.73. The van der Waals surface area contributed by atoms with E-state index in [-0.39, 0.29) is 17.5 Å². The Morgan fingerprint density at radius 2 is 2.12 bits per heavy atom. The van der Waals surface area contributed by atoms with E-state index in [0.717, 1.165) is 37.9 Å². The lowest BCUT2D eigenvalue weighted by Crippen LogP contribution is -2.27. The molecule has 0 saturated heterocycles. The number of fused-ring (bicyclic) bond motifs is 1. The molecular weight excluding hydrogens is 332 g/mol. The fourth-order valence-electron chi connectivity index (χ4n) is 3.84. The first-order valence-electron chi connectivity index (χ1n) is 8.91. The third kappa shape index (κ3) is 3.10. The number of rotatable bonds is 4. The van der Waals surface area contributed by atoms with Crippen LogP contribution in [0, 0.1) is 5.92 Å². The molecule has 2 heterocycles. The number of aromatic hydroxyl groups is 1. The van der Waals surface area contributed by atoms with Crippen LogP contribution in [-0.4, -0.2) is 38.3 Å². The van der Waals surface area contributed by atoms with Gasteiger partial charge < -0.3 is 14.8 Å². The molecule has 26 heavy (non-hydrogen) atoms. The maximum atomic E-state index is 12.5. The summed E-state index contributed by atoms with van der Waals surface area (Å²) in [5, 5.41) is 9.69. The smallest absolute Gasteiger partial charge is 0.327 e. The molecule has 4 rings (SSSR count). The molecule has 0 amide bonds. The molecule has 2 aromatic heterocycles. The number of ether oxygens (including phenoxy) is 1. The number of phenolic OH excluding ortho intramolecular Hbond substituents is 1. The Morgan fingerprint density at radius 1 is 1.31 bits per heavy atom. The molecular formula is C19H22N4O3. The Bertz CT molecular complexity index is 970. The zero-order chi connectivity index (χ0) is 18.1. The van der Waals surface area contributed by atoms with Gasteiger partial charge in [-0.25, -0.2) is 14.8 Å². The predicted molar refractivity (Wildman–Crippen MR) is 98.1 cm³/mol. The van der Waals surface area contributed by atoms with E-state index in [4.69, 9.17) is 4.74 Å². The van der Waals surface area contributed by atoms with Crippen LogP contribution in [0.5, 0.6) is 5.75 Å². The minimum absolute atomic E-state index is 0.135. The molecule has 0 radical (unpaired) electrons. The van der Waals surface area contributed by atoms with Gasteiger partial charge in [0.2, 0.25) is 0 Å². The van der Waals surface area contributed by atoms with Crippen LogP contribution >= 0.6 is 0 Å². The average Bonchev–Trinajstić information content (AvgIpc) is 2.97. The van der Waals surface area contributed by atoms with E-state index in [0.29, 0.717) is 22.9 Å². The fraction of sp³-hybridized carbons (Fsp3) is 0.421. The normalized spacial score (nSPS) is 20.5. The van der Waals surface area contributed by atoms with Gasteiger partial charge in [-0.2, -0.15) is 0 Å². The van der Waals surface area contributed by atoms with Gasteiger partial charge in [0, 0.05) is 25.3 Å². The molecule has 2 N–H and O–H groups in total. The Balaban J connectivity index is 1.70. The summed E-state index contributed by atoms with van der Waals surface area (Å²) in [5.41, 5.74) is 1.84. The van der Waals surface area contributed by atoms with Crippen LogP contribution in [0.1, 0.15) is 31.7 Å². The molecule has 0 unspecified atom stereocenters. The second-order valence-corrected chi connectivity index (χ2v) is 6.91. The average molecular weight is 354 g/mol. The molecule has 1 saturated carbocycles. The van der Waals surface area contributed by atoms with Crippen molar-refractivity contribution < 1.29 is 9.84 Å². The zero-order valence-corrected chi connectivity index (χ0v) is 14.7. The molecule has 1 aliphatic rings. The van der Waals surface area contributed by atoms with Crippen molar-refractivity contribution in [1.82, 2.24) is 19.5 Å². The van der Waals surface area contributed by atoms with Gasteiger partial charge >= 0.3 is 5.69 Å². The number of nitrogens with zero attached hydrogens (tertiary/aromatic N) is 3. The summed E-state index contributed by atoms with van der Waals surface area (Å²) in [5.74, 6) is 1.22. The number of nitrogens with one attached hydrogen (secondary N) is 1. The van der Waals surface area contributed by atoms with Crippen molar-refractivity contribution >= 4 is 11.2 Å². The molecule has 1 aromatic carbocycles. The number of benzene rings is 1. The van der Waals surface area contributed by atoms with E-state index >= 15 is 0 Å². The van der Waals surface area contributed by atoms with Crippen LogP contribution in [0.4, 0.5) is 0 Å². The summed E-state index contributed by atoms with van der Waals surface area (Å²) in [4.78, 5) is 24.3. The van der Waals surface area contributed by atoms with E-state index in [1.165, 1.54) is 0 Å². The van der Waals surface area contributed by atoms with Crippen LogP contribution < -0.4 is 5.69 Å². The van der Waals surface area contributed by atoms with E-state index in [1.54, 1.807) is 36.1 Å². The number of hydrogen-bond acceptors (Lipinski definition) is 5. The first kappa shape index (κ1) is 16.8. The largest absolute Gasteiger partial charge is 0.508 e. The third-order valence-corrected chi connectivity index (χ3v) is 5.15. The highest BCUT2D eigenvalue weighted by atomic mass is 16.5. The summed E-state index contributed by atoms with van der Waals surface area (Å²) in [6.45, 7) is 0.777. The topological polar surface area (TPSA) is 93.0 Å². The van der Waals surface area contributed by atoms with Crippen molar-refractivity contribution in [2.75, 3.05) is 13.7 Å². The lowest BCUT2D eigenvalue weighted by atomic mass is 9.86. The van der Waals surface area contributed by atoms with Crippen molar-refractivity contribution in [3.8, 4) is 17.1 Å². The van der Waals surface area contributed by atoms with Crippen LogP contribution in [0.25, 0.3) is 22.6 Å². The maximum absolute atomic E-state index is 12.5. The fourth-order valence-corrected chi connectivity index (χ4v) is 3.84. The molecule has 7 heteroatoms. The van der Waals surface area contributed by atoms with E-state index in [1.807, 2.05) is 6.07 Å². The lowest BCUT2D eigenvalue weighted by Gasteiger charge is -2.28. The number of imidazole rings is 1. The minimum Gasteiger partial charge on any atom is -0.508 e. The lowest BCUT2D eigenvalue weighted by molar-refractivity contribution is 0.120. The molecule has 136 valence electrons. The first-order valence-corrected chi connectivity index (χ1v) is 8.91. The van der Waals surface area contributed by atoms with E-state index in [2.05, 4.69) is 15.0 Å². The van der Waals surface area contributed by atoms with Gasteiger partial charge in [0.05, 0.1) is 6.20 Å². The van der Waals surface area contributed by atoms with Gasteiger partial charge in [-0.15, -0.1) is 0 Å². The number of aromatic amines is 1. The van der Waals surface area contributed by atoms with Gasteiger partial charge in [0.1, 0.15) is 11.3 Å². The van der Waals surface area contributed by atoms with Gasteiger partial charge in [-0.05, 0) is 43.7 Å². The first-order chi connectivity index (χ1) is 12.7. The molecule has 1 aliphatic carbocycles. The minimum atomic E-state index is -0.141. The summed E-state index contributed by atoms with van der Waals surface area (Å²) in [6.07, 6.45) is 5.60. The number of H-pyrrole nitrogens is 1. The summed E-state index contributed by atoms with van der Waals surface area (Å²) < 4.78 is 7.03. The quantitative estimate of drug-likeness (QED) is 0.751. The van der Waals surface area contributed by atoms with E-state index in [9.17, 15) is 9.90 Å². The van der Waals surface area contributed by atoms with Gasteiger partial charge in [-0.1, -0.05) is 12.1 Å². The Hall–Kier alpha value is -2.67. The van der Waals surface area contributed by atoms with Gasteiger partial charge in [-0.3, -0.25) is 4.57 Å². The van der Waals surface area contributed by atoms with Crippen LogP contribution in [0.3, 0.4) is 0 Å². The highest BCUT2D eigenvalue weighted by molar-refractivity contribution is 5.73. The molecule has 1 fully saturated rings. The third-order valence-electron chi connectivity index (χ3n) is 5.15. The van der Waals surface area contributed by atoms with Crippen LogP contribution in [-0.2, 0) is 4.74 Å². The Labute approximate surface area is 150 Å². The zero-order valence-electron chi connectivity index (χ0n) is 14.7. The number of methoxy groups -OCH3 is 1. The molecule has 0 atom stereocenters. The molecule has 3 aromatic rings. The van der Waals surface area contributed by atoms with Crippen molar-refractivity contribution in [1.29, 1.82) is 0 Å². The Kier molecular flexibility index (Phi) is 4.46. The number of aromatic nitrogens is 4. The van der Waals surface area contributed by atoms with Crippen molar-refractivity contribution in [2.45, 2.75) is 31.7 Å². The van der Waals surface area contributed by atoms with Crippen LogP contribution in [0.15, 0.2) is 35.3 Å². The molecule has 0 bridgehead atoms.